The molecule has 0 aliphatic carbocycles. The lowest BCUT2D eigenvalue weighted by Gasteiger charge is -2.28. The number of hydrogen-bond donors (Lipinski definition) is 2. The van der Waals surface area contributed by atoms with Crippen molar-refractivity contribution in [2.24, 2.45) is 0 Å². The third-order valence-electron chi connectivity index (χ3n) is 3.50. The van der Waals surface area contributed by atoms with E-state index in [1.807, 2.05) is 6.92 Å². The molecular formula is C15H26N6. The van der Waals surface area contributed by atoms with Gasteiger partial charge in [-0.3, -0.25) is 0 Å². The van der Waals surface area contributed by atoms with Crippen LogP contribution in [0.5, 0.6) is 0 Å². The number of unbranched alkanes of at least 4 members (excludes halogenated alkanes) is 2. The second-order valence-corrected chi connectivity index (χ2v) is 5.50. The molecule has 0 fully saturated rings. The minimum absolute atomic E-state index is 0.387. The van der Waals surface area contributed by atoms with Crippen LogP contribution in [0.15, 0.2) is 6.33 Å². The molecule has 6 nitrogen and oxygen atoms in total. The average molecular weight is 290 g/mol. The van der Waals surface area contributed by atoms with Crippen LogP contribution in [0.25, 0.3) is 11.2 Å². The Bertz CT molecular complexity index is 562. The number of imidazole rings is 1. The van der Waals surface area contributed by atoms with Crippen LogP contribution in [-0.2, 0) is 0 Å². The zero-order valence-corrected chi connectivity index (χ0v) is 13.5. The van der Waals surface area contributed by atoms with Crippen LogP contribution in [0.2, 0.25) is 0 Å². The first kappa shape index (κ1) is 15.5. The maximum Gasteiger partial charge on any atom is 0.226 e. The largest absolute Gasteiger partial charge is 0.354 e. The molecule has 0 saturated heterocycles. The summed E-state index contributed by atoms with van der Waals surface area (Å²) < 4.78 is 0. The van der Waals surface area contributed by atoms with Crippen molar-refractivity contribution in [3.8, 4) is 0 Å². The van der Waals surface area contributed by atoms with Crippen LogP contribution in [0, 0.1) is 0 Å². The van der Waals surface area contributed by atoms with E-state index in [2.05, 4.69) is 45.9 Å². The lowest BCUT2D eigenvalue weighted by molar-refractivity contribution is 0.621. The molecule has 2 rings (SSSR count). The third-order valence-corrected chi connectivity index (χ3v) is 3.50. The Kier molecular flexibility index (Phi) is 5.36. The predicted molar refractivity (Wildman–Crippen MR) is 87.9 cm³/mol. The number of aromatic amines is 1. The fraction of sp³-hybridized carbons (Fsp3) is 0.667. The summed E-state index contributed by atoms with van der Waals surface area (Å²) in [7, 11) is 0. The van der Waals surface area contributed by atoms with Gasteiger partial charge in [0, 0.05) is 19.1 Å². The highest BCUT2D eigenvalue weighted by atomic mass is 15.3. The molecular weight excluding hydrogens is 264 g/mol. The SMILES string of the molecule is CCCCCN(c1nc(NCC)nc2nc[nH]c12)C(C)C. The van der Waals surface area contributed by atoms with Gasteiger partial charge in [0.2, 0.25) is 5.95 Å². The molecule has 0 spiro atoms. The van der Waals surface area contributed by atoms with Crippen LogP contribution in [-0.4, -0.2) is 39.1 Å². The Morgan fingerprint density at radius 2 is 2.05 bits per heavy atom. The lowest BCUT2D eigenvalue weighted by Crippen LogP contribution is -2.33. The zero-order chi connectivity index (χ0) is 15.2. The van der Waals surface area contributed by atoms with E-state index < -0.39 is 0 Å². The highest BCUT2D eigenvalue weighted by Crippen LogP contribution is 2.24. The van der Waals surface area contributed by atoms with E-state index in [1.165, 1.54) is 19.3 Å². The number of hydrogen-bond acceptors (Lipinski definition) is 5. The first-order valence-electron chi connectivity index (χ1n) is 7.89. The fourth-order valence-electron chi connectivity index (χ4n) is 2.40. The Hall–Kier alpha value is -1.85. The van der Waals surface area contributed by atoms with E-state index in [-0.39, 0.29) is 0 Å². The molecule has 116 valence electrons. The molecule has 2 aromatic rings. The van der Waals surface area contributed by atoms with Gasteiger partial charge in [-0.2, -0.15) is 9.97 Å². The highest BCUT2D eigenvalue weighted by molar-refractivity contribution is 5.84. The molecule has 0 radical (unpaired) electrons. The fourth-order valence-corrected chi connectivity index (χ4v) is 2.40. The standard InChI is InChI=1S/C15H26N6/c1-5-7-8-9-21(11(3)4)14-12-13(18-10-17-12)19-15(20-14)16-6-2/h10-11H,5-9H2,1-4H3,(H2,16,17,18,19,20). The van der Waals surface area contributed by atoms with Crippen molar-refractivity contribution in [3.05, 3.63) is 6.33 Å². The molecule has 0 unspecified atom stereocenters. The van der Waals surface area contributed by atoms with Crippen molar-refractivity contribution < 1.29 is 0 Å². The minimum atomic E-state index is 0.387. The first-order chi connectivity index (χ1) is 10.2. The molecule has 0 saturated carbocycles. The summed E-state index contributed by atoms with van der Waals surface area (Å²) in [6.07, 6.45) is 5.31. The smallest absolute Gasteiger partial charge is 0.226 e. The van der Waals surface area contributed by atoms with Crippen molar-refractivity contribution in [2.75, 3.05) is 23.3 Å². The normalized spacial score (nSPS) is 11.3. The molecule has 2 aromatic heterocycles. The van der Waals surface area contributed by atoms with Crippen LogP contribution in [0.4, 0.5) is 11.8 Å². The first-order valence-corrected chi connectivity index (χ1v) is 7.89. The number of nitrogens with one attached hydrogen (secondary N) is 2. The summed E-state index contributed by atoms with van der Waals surface area (Å²) in [5.41, 5.74) is 1.64. The zero-order valence-electron chi connectivity index (χ0n) is 13.5. The Morgan fingerprint density at radius 3 is 2.71 bits per heavy atom. The molecule has 0 aliphatic heterocycles. The Balaban J connectivity index is 2.37. The number of rotatable bonds is 8. The Morgan fingerprint density at radius 1 is 1.24 bits per heavy atom. The summed E-state index contributed by atoms with van der Waals surface area (Å²) in [4.78, 5) is 18.9. The summed E-state index contributed by atoms with van der Waals surface area (Å²) >= 11 is 0. The van der Waals surface area contributed by atoms with Gasteiger partial charge in [-0.05, 0) is 27.2 Å². The maximum absolute atomic E-state index is 4.70. The molecule has 6 heteroatoms. The molecule has 0 aliphatic rings. The monoisotopic (exact) mass is 290 g/mol. The van der Waals surface area contributed by atoms with Gasteiger partial charge in [0.25, 0.3) is 0 Å². The molecule has 0 aromatic carbocycles. The summed E-state index contributed by atoms with van der Waals surface area (Å²) in [5.74, 6) is 1.59. The van der Waals surface area contributed by atoms with Gasteiger partial charge in [0.15, 0.2) is 11.5 Å². The van der Waals surface area contributed by atoms with Crippen LogP contribution >= 0.6 is 0 Å². The molecule has 21 heavy (non-hydrogen) atoms. The summed E-state index contributed by atoms with van der Waals surface area (Å²) in [6.45, 7) is 10.5. The van der Waals surface area contributed by atoms with Gasteiger partial charge >= 0.3 is 0 Å². The molecule has 2 N–H and O–H groups in total. The maximum atomic E-state index is 4.70. The second kappa shape index (κ2) is 7.24. The molecule has 2 heterocycles. The van der Waals surface area contributed by atoms with E-state index >= 15 is 0 Å². The van der Waals surface area contributed by atoms with E-state index in [0.29, 0.717) is 12.0 Å². The van der Waals surface area contributed by atoms with Gasteiger partial charge in [-0.15, -0.1) is 0 Å². The average Bonchev–Trinajstić information content (AvgIpc) is 2.91. The summed E-state index contributed by atoms with van der Waals surface area (Å²) in [5, 5.41) is 3.19. The third kappa shape index (κ3) is 3.62. The quantitative estimate of drug-likeness (QED) is 0.731. The van der Waals surface area contributed by atoms with Gasteiger partial charge in [0.1, 0.15) is 5.52 Å². The molecule has 0 atom stereocenters. The van der Waals surface area contributed by atoms with Gasteiger partial charge in [0.05, 0.1) is 6.33 Å². The van der Waals surface area contributed by atoms with Crippen LogP contribution in [0.3, 0.4) is 0 Å². The topological polar surface area (TPSA) is 69.7 Å². The van der Waals surface area contributed by atoms with Crippen molar-refractivity contribution in [2.45, 2.75) is 53.0 Å². The van der Waals surface area contributed by atoms with Crippen molar-refractivity contribution in [3.63, 3.8) is 0 Å². The van der Waals surface area contributed by atoms with E-state index in [9.17, 15) is 0 Å². The van der Waals surface area contributed by atoms with Crippen molar-refractivity contribution in [1.29, 1.82) is 0 Å². The van der Waals surface area contributed by atoms with Gasteiger partial charge in [-0.1, -0.05) is 19.8 Å². The number of anilines is 2. The van der Waals surface area contributed by atoms with Crippen molar-refractivity contribution in [1.82, 2.24) is 19.9 Å². The van der Waals surface area contributed by atoms with E-state index in [1.54, 1.807) is 6.33 Å². The Labute approximate surface area is 126 Å². The number of H-pyrrole nitrogens is 1. The minimum Gasteiger partial charge on any atom is -0.354 e. The predicted octanol–water partition coefficient (Wildman–Crippen LogP) is 3.19. The summed E-state index contributed by atoms with van der Waals surface area (Å²) in [6, 6.07) is 0.387. The number of nitrogens with zero attached hydrogens (tertiary/aromatic N) is 4. The van der Waals surface area contributed by atoms with E-state index in [0.717, 1.165) is 30.1 Å². The molecule has 0 bridgehead atoms. The van der Waals surface area contributed by atoms with Crippen LogP contribution in [0.1, 0.15) is 47.0 Å². The lowest BCUT2D eigenvalue weighted by atomic mass is 10.2. The van der Waals surface area contributed by atoms with Crippen molar-refractivity contribution >= 4 is 22.9 Å². The van der Waals surface area contributed by atoms with Gasteiger partial charge in [-0.25, -0.2) is 4.98 Å². The second-order valence-electron chi connectivity index (χ2n) is 5.50. The highest BCUT2D eigenvalue weighted by Gasteiger charge is 2.18. The number of aromatic nitrogens is 4. The molecule has 0 amide bonds. The van der Waals surface area contributed by atoms with Crippen LogP contribution < -0.4 is 10.2 Å². The number of fused-ring (bicyclic) bond motifs is 1. The van der Waals surface area contributed by atoms with Gasteiger partial charge < -0.3 is 15.2 Å². The van der Waals surface area contributed by atoms with E-state index in [4.69, 9.17) is 4.98 Å².